The van der Waals surface area contributed by atoms with Gasteiger partial charge in [0.1, 0.15) is 11.5 Å². The summed E-state index contributed by atoms with van der Waals surface area (Å²) >= 11 is 0. The summed E-state index contributed by atoms with van der Waals surface area (Å²) in [5, 5.41) is 11.7. The Morgan fingerprint density at radius 1 is 1.03 bits per heavy atom. The van der Waals surface area contributed by atoms with Gasteiger partial charge < -0.3 is 14.6 Å². The second-order valence-electron chi connectivity index (χ2n) is 9.87. The van der Waals surface area contributed by atoms with Crippen molar-refractivity contribution in [2.75, 3.05) is 19.1 Å². The zero-order valence-electron chi connectivity index (χ0n) is 23.1. The van der Waals surface area contributed by atoms with Crippen molar-refractivity contribution in [1.29, 1.82) is 0 Å². The molecule has 1 saturated heterocycles. The van der Waals surface area contributed by atoms with Crippen molar-refractivity contribution in [3.8, 4) is 5.75 Å². The number of methoxy groups -OCH3 is 2. The van der Waals surface area contributed by atoms with Gasteiger partial charge in [0.2, 0.25) is 0 Å². The van der Waals surface area contributed by atoms with E-state index in [0.29, 0.717) is 28.1 Å². The van der Waals surface area contributed by atoms with E-state index in [0.717, 1.165) is 17.5 Å². The van der Waals surface area contributed by atoms with Gasteiger partial charge in [0.15, 0.2) is 0 Å². The summed E-state index contributed by atoms with van der Waals surface area (Å²) < 4.78 is 10.4. The van der Waals surface area contributed by atoms with Crippen molar-refractivity contribution in [2.45, 2.75) is 46.1 Å². The van der Waals surface area contributed by atoms with Gasteiger partial charge in [-0.3, -0.25) is 14.5 Å². The van der Waals surface area contributed by atoms with Crippen molar-refractivity contribution < 1.29 is 29.0 Å². The number of aliphatic hydroxyl groups excluding tert-OH is 1. The average Bonchev–Trinajstić information content (AvgIpc) is 3.21. The van der Waals surface area contributed by atoms with Gasteiger partial charge in [-0.25, -0.2) is 4.79 Å². The lowest BCUT2D eigenvalue weighted by molar-refractivity contribution is -0.132. The van der Waals surface area contributed by atoms with Crippen LogP contribution in [0.3, 0.4) is 0 Å². The summed E-state index contributed by atoms with van der Waals surface area (Å²) in [6.45, 7) is 7.89. The molecule has 1 aliphatic rings. The van der Waals surface area contributed by atoms with Crippen molar-refractivity contribution in [3.63, 3.8) is 0 Å². The van der Waals surface area contributed by atoms with Crippen LogP contribution in [0.15, 0.2) is 66.2 Å². The van der Waals surface area contributed by atoms with Gasteiger partial charge in [0.05, 0.1) is 31.4 Å². The predicted molar refractivity (Wildman–Crippen MR) is 150 cm³/mol. The number of rotatable bonds is 7. The summed E-state index contributed by atoms with van der Waals surface area (Å²) in [6.07, 6.45) is 0.824. The zero-order valence-corrected chi connectivity index (χ0v) is 23.1. The van der Waals surface area contributed by atoms with Gasteiger partial charge in [-0.2, -0.15) is 0 Å². The molecule has 1 fully saturated rings. The summed E-state index contributed by atoms with van der Waals surface area (Å²) in [4.78, 5) is 40.7. The first-order chi connectivity index (χ1) is 18.6. The summed E-state index contributed by atoms with van der Waals surface area (Å²) in [7, 11) is 2.87. The largest absolute Gasteiger partial charge is 0.507 e. The maximum atomic E-state index is 13.6. The van der Waals surface area contributed by atoms with E-state index in [9.17, 15) is 19.5 Å². The predicted octanol–water partition coefficient (Wildman–Crippen LogP) is 6.10. The van der Waals surface area contributed by atoms with Crippen molar-refractivity contribution >= 4 is 29.1 Å². The molecule has 7 nitrogen and oxygen atoms in total. The van der Waals surface area contributed by atoms with E-state index in [2.05, 4.69) is 0 Å². The molecule has 0 radical (unpaired) electrons. The number of carbonyl (C=O) groups excluding carboxylic acids is 3. The molecule has 0 spiro atoms. The Morgan fingerprint density at radius 2 is 1.72 bits per heavy atom. The molecule has 1 atom stereocenters. The van der Waals surface area contributed by atoms with E-state index >= 15 is 0 Å². The van der Waals surface area contributed by atoms with Crippen LogP contribution in [0.2, 0.25) is 0 Å². The fourth-order valence-corrected chi connectivity index (χ4v) is 4.98. The minimum Gasteiger partial charge on any atom is -0.507 e. The summed E-state index contributed by atoms with van der Waals surface area (Å²) in [5.41, 5.74) is 4.35. The Balaban J connectivity index is 1.98. The van der Waals surface area contributed by atoms with Crippen LogP contribution in [0.25, 0.3) is 5.76 Å². The number of Topliss-reactive ketones (excluding diaryl/α,β-unsaturated/α-hetero) is 1. The lowest BCUT2D eigenvalue weighted by Crippen LogP contribution is -2.29. The SMILES string of the molecule is CCc1ccc(C2/C(=C(\O)c3cc(C(C)C)c(OC)cc3C)C(=O)C(=O)N2c2cccc(C(=O)OC)c2)cc1. The van der Waals surface area contributed by atoms with Gasteiger partial charge in [0, 0.05) is 11.3 Å². The number of ether oxygens (including phenoxy) is 2. The Morgan fingerprint density at radius 3 is 2.31 bits per heavy atom. The molecular formula is C32H33NO6. The maximum absolute atomic E-state index is 13.6. The highest BCUT2D eigenvalue weighted by atomic mass is 16.5. The number of hydrogen-bond donors (Lipinski definition) is 1. The van der Waals surface area contributed by atoms with Gasteiger partial charge in [-0.15, -0.1) is 0 Å². The second kappa shape index (κ2) is 11.2. The normalized spacial score (nSPS) is 16.6. The van der Waals surface area contributed by atoms with Gasteiger partial charge in [0.25, 0.3) is 11.7 Å². The Bertz CT molecular complexity index is 1470. The van der Waals surface area contributed by atoms with E-state index in [4.69, 9.17) is 9.47 Å². The standard InChI is InChI=1S/C32H33NO6/c1-7-20-11-13-21(14-12-20)28-27(29(34)25-17-24(18(2)3)26(38-5)15-19(25)4)30(35)31(36)33(28)23-10-8-9-22(16-23)32(37)39-6/h8-18,28,34H,7H2,1-6H3/b29-27+. The zero-order chi connectivity index (χ0) is 28.4. The average molecular weight is 528 g/mol. The summed E-state index contributed by atoms with van der Waals surface area (Å²) in [6, 6.07) is 16.7. The highest BCUT2D eigenvalue weighted by molar-refractivity contribution is 6.51. The number of ketones is 1. The van der Waals surface area contributed by atoms with E-state index in [-0.39, 0.29) is 22.8 Å². The smallest absolute Gasteiger partial charge is 0.337 e. The molecule has 1 N–H and O–H groups in total. The van der Waals surface area contributed by atoms with Crippen molar-refractivity contribution in [2.24, 2.45) is 0 Å². The third kappa shape index (κ3) is 5.04. The van der Waals surface area contributed by atoms with Crippen LogP contribution < -0.4 is 9.64 Å². The number of esters is 1. The third-order valence-corrected chi connectivity index (χ3v) is 7.15. The first-order valence-electron chi connectivity index (χ1n) is 12.9. The molecule has 0 saturated carbocycles. The number of aliphatic hydroxyl groups is 1. The van der Waals surface area contributed by atoms with E-state index in [1.807, 2.05) is 64.1 Å². The minimum atomic E-state index is -0.909. The van der Waals surface area contributed by atoms with Crippen molar-refractivity contribution in [3.05, 3.63) is 99.6 Å². The van der Waals surface area contributed by atoms with Gasteiger partial charge in [-0.05, 0) is 71.8 Å². The van der Waals surface area contributed by atoms with Crippen LogP contribution >= 0.6 is 0 Å². The fourth-order valence-electron chi connectivity index (χ4n) is 4.98. The first kappa shape index (κ1) is 27.6. The molecule has 1 unspecified atom stereocenters. The molecule has 0 aliphatic carbocycles. The molecule has 39 heavy (non-hydrogen) atoms. The van der Waals surface area contributed by atoms with Crippen LogP contribution in [0.5, 0.6) is 5.75 Å². The molecule has 0 bridgehead atoms. The quantitative estimate of drug-likeness (QED) is 0.173. The van der Waals surface area contributed by atoms with Crippen molar-refractivity contribution in [1.82, 2.24) is 0 Å². The number of nitrogens with zero attached hydrogens (tertiary/aromatic N) is 1. The monoisotopic (exact) mass is 527 g/mol. The number of hydrogen-bond acceptors (Lipinski definition) is 6. The van der Waals surface area contributed by atoms with Gasteiger partial charge >= 0.3 is 5.97 Å². The highest BCUT2D eigenvalue weighted by Gasteiger charge is 2.47. The number of aryl methyl sites for hydroxylation is 2. The van der Waals surface area contributed by atoms with Crippen LogP contribution in [-0.2, 0) is 20.7 Å². The Labute approximate surface area is 228 Å². The van der Waals surface area contributed by atoms with E-state index in [1.54, 1.807) is 25.3 Å². The molecule has 1 amide bonds. The molecule has 1 heterocycles. The highest BCUT2D eigenvalue weighted by Crippen LogP contribution is 2.43. The van der Waals surface area contributed by atoms with E-state index in [1.165, 1.54) is 18.1 Å². The van der Waals surface area contributed by atoms with Gasteiger partial charge in [-0.1, -0.05) is 51.1 Å². The molecule has 3 aromatic carbocycles. The Kier molecular flexibility index (Phi) is 7.90. The van der Waals surface area contributed by atoms with Crippen LogP contribution in [0.4, 0.5) is 5.69 Å². The first-order valence-corrected chi connectivity index (χ1v) is 12.9. The number of carbonyl (C=O) groups is 3. The maximum Gasteiger partial charge on any atom is 0.337 e. The second-order valence-corrected chi connectivity index (χ2v) is 9.87. The number of amides is 1. The fraction of sp³-hybridized carbons (Fsp3) is 0.281. The van der Waals surface area contributed by atoms with E-state index < -0.39 is 23.7 Å². The molecule has 1 aliphatic heterocycles. The van der Waals surface area contributed by atoms with Crippen LogP contribution in [-0.4, -0.2) is 37.0 Å². The number of benzene rings is 3. The number of anilines is 1. The molecule has 7 heteroatoms. The molecule has 3 aromatic rings. The lowest BCUT2D eigenvalue weighted by Gasteiger charge is -2.26. The summed E-state index contributed by atoms with van der Waals surface area (Å²) in [5.74, 6) is -1.64. The molecule has 202 valence electrons. The third-order valence-electron chi connectivity index (χ3n) is 7.15. The molecule has 0 aromatic heterocycles. The molecular weight excluding hydrogens is 494 g/mol. The minimum absolute atomic E-state index is 0.0179. The van der Waals surface area contributed by atoms with Crippen LogP contribution in [0.1, 0.15) is 70.9 Å². The Hall–Kier alpha value is -4.39. The topological polar surface area (TPSA) is 93.1 Å². The van der Waals surface area contributed by atoms with Crippen LogP contribution in [0, 0.1) is 6.92 Å². The lowest BCUT2D eigenvalue weighted by atomic mass is 9.90. The molecule has 4 rings (SSSR count).